The van der Waals surface area contributed by atoms with Gasteiger partial charge in [0.25, 0.3) is 0 Å². The van der Waals surface area contributed by atoms with Crippen LogP contribution in [0.4, 0.5) is 4.79 Å². The van der Waals surface area contributed by atoms with Crippen LogP contribution in [0.25, 0.3) is 10.9 Å². The van der Waals surface area contributed by atoms with Crippen LogP contribution in [0.3, 0.4) is 0 Å². The maximum Gasteiger partial charge on any atom is 0.314 e. The van der Waals surface area contributed by atoms with Crippen LogP contribution in [0, 0.1) is 6.92 Å². The minimum atomic E-state index is -0.0746. The van der Waals surface area contributed by atoms with Crippen LogP contribution in [0.1, 0.15) is 30.9 Å². The summed E-state index contributed by atoms with van der Waals surface area (Å²) in [5, 5.41) is 7.00. The van der Waals surface area contributed by atoms with Crippen LogP contribution in [0.15, 0.2) is 24.4 Å². The van der Waals surface area contributed by atoms with E-state index < -0.39 is 0 Å². The summed E-state index contributed by atoms with van der Waals surface area (Å²) in [5.41, 5.74) is 3.69. The lowest BCUT2D eigenvalue weighted by Gasteiger charge is -2.06. The predicted octanol–water partition coefficient (Wildman–Crippen LogP) is 3.12. The molecule has 1 aromatic heterocycles. The molecule has 4 heteroatoms. The van der Waals surface area contributed by atoms with Gasteiger partial charge in [-0.05, 0) is 30.9 Å². The number of unbranched alkanes of at least 4 members (excludes halogenated alkanes) is 1. The first-order chi connectivity index (χ1) is 9.72. The van der Waals surface area contributed by atoms with Crippen molar-refractivity contribution in [3.63, 3.8) is 0 Å². The van der Waals surface area contributed by atoms with E-state index in [1.807, 2.05) is 6.20 Å². The number of urea groups is 1. The third kappa shape index (κ3) is 3.53. The number of hydrogen-bond donors (Lipinski definition) is 3. The molecule has 0 radical (unpaired) electrons. The Balaban J connectivity index is 1.84. The van der Waals surface area contributed by atoms with Gasteiger partial charge in [-0.3, -0.25) is 0 Å². The lowest BCUT2D eigenvalue weighted by atomic mass is 10.1. The lowest BCUT2D eigenvalue weighted by molar-refractivity contribution is 0.241. The Morgan fingerprint density at radius 1 is 1.25 bits per heavy atom. The summed E-state index contributed by atoms with van der Waals surface area (Å²) in [6.07, 6.45) is 4.99. The first-order valence-corrected chi connectivity index (χ1v) is 7.29. The smallest absolute Gasteiger partial charge is 0.314 e. The second kappa shape index (κ2) is 6.98. The number of para-hydroxylation sites is 1. The monoisotopic (exact) mass is 273 g/mol. The molecule has 2 rings (SSSR count). The molecular formula is C16H23N3O. The maximum atomic E-state index is 11.5. The Bertz CT molecular complexity index is 574. The standard InChI is InChI=1S/C16H23N3O/c1-3-4-9-17-16(20)18-10-8-13-11-19-15-12(2)6-5-7-14(13)15/h5-7,11,19H,3-4,8-10H2,1-2H3,(H2,17,18,20). The van der Waals surface area contributed by atoms with E-state index in [0.717, 1.165) is 25.8 Å². The van der Waals surface area contributed by atoms with Crippen molar-refractivity contribution in [2.75, 3.05) is 13.1 Å². The number of hydrogen-bond acceptors (Lipinski definition) is 1. The van der Waals surface area contributed by atoms with Crippen molar-refractivity contribution in [2.24, 2.45) is 0 Å². The molecular weight excluding hydrogens is 250 g/mol. The van der Waals surface area contributed by atoms with E-state index in [0.29, 0.717) is 6.54 Å². The second-order valence-electron chi connectivity index (χ2n) is 5.10. The van der Waals surface area contributed by atoms with Crippen molar-refractivity contribution < 1.29 is 4.79 Å². The van der Waals surface area contributed by atoms with Crippen molar-refractivity contribution in [3.8, 4) is 0 Å². The largest absolute Gasteiger partial charge is 0.361 e. The molecule has 20 heavy (non-hydrogen) atoms. The summed E-state index contributed by atoms with van der Waals surface area (Å²) in [7, 11) is 0. The number of aromatic amines is 1. The van der Waals surface area contributed by atoms with Crippen LogP contribution in [0.2, 0.25) is 0 Å². The molecule has 0 atom stereocenters. The van der Waals surface area contributed by atoms with Gasteiger partial charge in [0.15, 0.2) is 0 Å². The molecule has 108 valence electrons. The van der Waals surface area contributed by atoms with Gasteiger partial charge in [0.05, 0.1) is 0 Å². The second-order valence-corrected chi connectivity index (χ2v) is 5.10. The fraction of sp³-hybridized carbons (Fsp3) is 0.438. The normalized spacial score (nSPS) is 10.7. The van der Waals surface area contributed by atoms with E-state index in [4.69, 9.17) is 0 Å². The van der Waals surface area contributed by atoms with Gasteiger partial charge in [-0.15, -0.1) is 0 Å². The molecule has 0 saturated carbocycles. The summed E-state index contributed by atoms with van der Waals surface area (Å²) in [6, 6.07) is 6.21. The number of amides is 2. The molecule has 0 spiro atoms. The van der Waals surface area contributed by atoms with Gasteiger partial charge in [-0.1, -0.05) is 31.5 Å². The van der Waals surface area contributed by atoms with Gasteiger partial charge in [0, 0.05) is 30.2 Å². The minimum absolute atomic E-state index is 0.0746. The molecule has 0 aliphatic carbocycles. The Kier molecular flexibility index (Phi) is 5.04. The molecule has 1 aromatic carbocycles. The van der Waals surface area contributed by atoms with E-state index in [1.165, 1.54) is 22.0 Å². The topological polar surface area (TPSA) is 56.9 Å². The number of benzene rings is 1. The van der Waals surface area contributed by atoms with Gasteiger partial charge in [-0.2, -0.15) is 0 Å². The number of carbonyl (C=O) groups excluding carboxylic acids is 1. The van der Waals surface area contributed by atoms with Crippen LogP contribution >= 0.6 is 0 Å². The van der Waals surface area contributed by atoms with Crippen LogP contribution in [0.5, 0.6) is 0 Å². The van der Waals surface area contributed by atoms with Crippen molar-refractivity contribution in [3.05, 3.63) is 35.5 Å². The number of carbonyl (C=O) groups is 1. The number of rotatable bonds is 6. The summed E-state index contributed by atoms with van der Waals surface area (Å²) in [5.74, 6) is 0. The van der Waals surface area contributed by atoms with Crippen molar-refractivity contribution >= 4 is 16.9 Å². The predicted molar refractivity (Wildman–Crippen MR) is 83.0 cm³/mol. The molecule has 0 saturated heterocycles. The Hall–Kier alpha value is -1.97. The SMILES string of the molecule is CCCCNC(=O)NCCc1c[nH]c2c(C)cccc12. The number of H-pyrrole nitrogens is 1. The summed E-state index contributed by atoms with van der Waals surface area (Å²) < 4.78 is 0. The molecule has 0 fully saturated rings. The molecule has 0 aliphatic rings. The van der Waals surface area contributed by atoms with Crippen LogP contribution in [-0.4, -0.2) is 24.1 Å². The first kappa shape index (κ1) is 14.4. The Morgan fingerprint density at radius 3 is 2.85 bits per heavy atom. The lowest BCUT2D eigenvalue weighted by Crippen LogP contribution is -2.37. The Labute approximate surface area is 120 Å². The molecule has 0 bridgehead atoms. The van der Waals surface area contributed by atoms with E-state index in [2.05, 4.69) is 47.7 Å². The van der Waals surface area contributed by atoms with E-state index in [1.54, 1.807) is 0 Å². The quantitative estimate of drug-likeness (QED) is 0.696. The molecule has 2 aromatic rings. The highest BCUT2D eigenvalue weighted by molar-refractivity contribution is 5.85. The molecule has 4 nitrogen and oxygen atoms in total. The van der Waals surface area contributed by atoms with Gasteiger partial charge < -0.3 is 15.6 Å². The number of fused-ring (bicyclic) bond motifs is 1. The van der Waals surface area contributed by atoms with Gasteiger partial charge >= 0.3 is 6.03 Å². The zero-order valence-corrected chi connectivity index (χ0v) is 12.3. The molecule has 0 unspecified atom stereocenters. The fourth-order valence-corrected chi connectivity index (χ4v) is 2.32. The van der Waals surface area contributed by atoms with Gasteiger partial charge in [0.1, 0.15) is 0 Å². The van der Waals surface area contributed by atoms with Gasteiger partial charge in [0.2, 0.25) is 0 Å². The highest BCUT2D eigenvalue weighted by Crippen LogP contribution is 2.21. The number of aryl methyl sites for hydroxylation is 1. The number of aromatic nitrogens is 1. The zero-order valence-electron chi connectivity index (χ0n) is 12.3. The van der Waals surface area contributed by atoms with E-state index in [-0.39, 0.29) is 6.03 Å². The van der Waals surface area contributed by atoms with Gasteiger partial charge in [-0.25, -0.2) is 4.79 Å². The highest BCUT2D eigenvalue weighted by atomic mass is 16.2. The number of nitrogens with one attached hydrogen (secondary N) is 3. The molecule has 2 amide bonds. The summed E-state index contributed by atoms with van der Waals surface area (Å²) in [4.78, 5) is 14.8. The van der Waals surface area contributed by atoms with E-state index >= 15 is 0 Å². The highest BCUT2D eigenvalue weighted by Gasteiger charge is 2.05. The first-order valence-electron chi connectivity index (χ1n) is 7.29. The maximum absolute atomic E-state index is 11.5. The van der Waals surface area contributed by atoms with Crippen molar-refractivity contribution in [1.29, 1.82) is 0 Å². The molecule has 3 N–H and O–H groups in total. The molecule has 0 aliphatic heterocycles. The van der Waals surface area contributed by atoms with Crippen molar-refractivity contribution in [2.45, 2.75) is 33.1 Å². The minimum Gasteiger partial charge on any atom is -0.361 e. The average molecular weight is 273 g/mol. The van der Waals surface area contributed by atoms with Crippen LogP contribution in [-0.2, 0) is 6.42 Å². The summed E-state index contributed by atoms with van der Waals surface area (Å²) >= 11 is 0. The zero-order chi connectivity index (χ0) is 14.4. The van der Waals surface area contributed by atoms with Crippen molar-refractivity contribution in [1.82, 2.24) is 15.6 Å². The average Bonchev–Trinajstić information content (AvgIpc) is 2.84. The Morgan fingerprint density at radius 2 is 2.05 bits per heavy atom. The fourth-order valence-electron chi connectivity index (χ4n) is 2.32. The third-order valence-electron chi connectivity index (χ3n) is 3.51. The molecule has 1 heterocycles. The summed E-state index contributed by atoms with van der Waals surface area (Å²) in [6.45, 7) is 5.61. The van der Waals surface area contributed by atoms with E-state index in [9.17, 15) is 4.79 Å². The van der Waals surface area contributed by atoms with Crippen LogP contribution < -0.4 is 10.6 Å². The third-order valence-corrected chi connectivity index (χ3v) is 3.51.